The lowest BCUT2D eigenvalue weighted by molar-refractivity contribution is 0.236. The minimum Gasteiger partial charge on any atom is -0.390 e. The van der Waals surface area contributed by atoms with Crippen molar-refractivity contribution < 1.29 is 9.90 Å². The number of carbonyl (C=O) groups is 1. The quantitative estimate of drug-likeness (QED) is 0.741. The van der Waals surface area contributed by atoms with E-state index in [2.05, 4.69) is 27.5 Å². The van der Waals surface area contributed by atoms with Crippen molar-refractivity contribution in [2.24, 2.45) is 0 Å². The first-order valence-electron chi connectivity index (χ1n) is 7.75. The van der Waals surface area contributed by atoms with Crippen LogP contribution in [0.4, 0.5) is 4.79 Å². The van der Waals surface area contributed by atoms with Gasteiger partial charge in [0.2, 0.25) is 0 Å². The van der Waals surface area contributed by atoms with Gasteiger partial charge in [0, 0.05) is 17.3 Å². The van der Waals surface area contributed by atoms with Crippen molar-refractivity contribution in [2.75, 3.05) is 0 Å². The molecule has 2 N–H and O–H groups in total. The Labute approximate surface area is 143 Å². The minimum atomic E-state index is -0.293. The molecular weight excluding hydrogens is 326 g/mol. The fraction of sp³-hybridized carbons (Fsp3) is 0.375. The van der Waals surface area contributed by atoms with Gasteiger partial charge in [0.25, 0.3) is 0 Å². The van der Waals surface area contributed by atoms with Crippen molar-refractivity contribution in [2.45, 2.75) is 38.8 Å². The third-order valence-electron chi connectivity index (χ3n) is 3.77. The third-order valence-corrected chi connectivity index (χ3v) is 4.90. The second kappa shape index (κ2) is 7.06. The molecular formula is C16H19N5O2S. The van der Waals surface area contributed by atoms with Crippen LogP contribution in [0, 0.1) is 0 Å². The highest BCUT2D eigenvalue weighted by atomic mass is 32.1. The summed E-state index contributed by atoms with van der Waals surface area (Å²) in [6.07, 6.45) is 0.747. The van der Waals surface area contributed by atoms with E-state index in [-0.39, 0.29) is 24.6 Å². The number of aliphatic hydroxyl groups excluding tert-OH is 1. The molecule has 0 spiro atoms. The summed E-state index contributed by atoms with van der Waals surface area (Å²) >= 11 is 1.53. The number of benzene rings is 1. The highest BCUT2D eigenvalue weighted by molar-refractivity contribution is 7.09. The van der Waals surface area contributed by atoms with Gasteiger partial charge in [-0.05, 0) is 25.5 Å². The van der Waals surface area contributed by atoms with Gasteiger partial charge < -0.3 is 10.4 Å². The number of aliphatic hydroxyl groups is 1. The molecule has 2 heterocycles. The second-order valence-electron chi connectivity index (χ2n) is 5.81. The molecule has 0 radical (unpaired) electrons. The fourth-order valence-electron chi connectivity index (χ4n) is 2.60. The summed E-state index contributed by atoms with van der Waals surface area (Å²) in [4.78, 5) is 16.8. The molecule has 2 atom stereocenters. The first-order chi connectivity index (χ1) is 11.6. The Balaban J connectivity index is 1.63. The number of fused-ring (bicyclic) bond motifs is 1. The van der Waals surface area contributed by atoms with Gasteiger partial charge in [0.1, 0.15) is 5.52 Å². The summed E-state index contributed by atoms with van der Waals surface area (Å²) in [5.41, 5.74) is 2.06. The standard InChI is InChI=1S/C16H19N5O2S/c1-10(15-18-12(8-22)9-24-15)7-11(2)17-16(23)21-14-6-4-3-5-13(14)19-20-21/h3-6,9-11,22H,7-8H2,1-2H3,(H,17,23). The molecule has 7 nitrogen and oxygen atoms in total. The van der Waals surface area contributed by atoms with Crippen LogP contribution in [0.15, 0.2) is 29.6 Å². The largest absolute Gasteiger partial charge is 0.390 e. The first kappa shape index (κ1) is 16.5. The summed E-state index contributed by atoms with van der Waals surface area (Å²) in [5, 5.41) is 22.8. The van der Waals surface area contributed by atoms with Crippen LogP contribution >= 0.6 is 11.3 Å². The second-order valence-corrected chi connectivity index (χ2v) is 6.70. The number of aromatic nitrogens is 4. The van der Waals surface area contributed by atoms with E-state index in [1.54, 1.807) is 0 Å². The lowest BCUT2D eigenvalue weighted by atomic mass is 10.0. The molecule has 1 aromatic carbocycles. The fourth-order valence-corrected chi connectivity index (χ4v) is 3.49. The molecule has 0 bridgehead atoms. The highest BCUT2D eigenvalue weighted by Gasteiger charge is 2.18. The lowest BCUT2D eigenvalue weighted by Crippen LogP contribution is -2.37. The number of thiazole rings is 1. The molecule has 0 fully saturated rings. The van der Waals surface area contributed by atoms with Gasteiger partial charge >= 0.3 is 6.03 Å². The van der Waals surface area contributed by atoms with E-state index in [4.69, 9.17) is 5.11 Å². The summed E-state index contributed by atoms with van der Waals surface area (Å²) in [6, 6.07) is 7.00. The van der Waals surface area contributed by atoms with Crippen LogP contribution in [0.25, 0.3) is 11.0 Å². The Morgan fingerprint density at radius 2 is 2.17 bits per heavy atom. The SMILES string of the molecule is CC(CC(C)c1nc(CO)cs1)NC(=O)n1nnc2ccccc21. The maximum Gasteiger partial charge on any atom is 0.344 e. The topological polar surface area (TPSA) is 92.9 Å². The van der Waals surface area contributed by atoms with Crippen molar-refractivity contribution in [3.63, 3.8) is 0 Å². The summed E-state index contributed by atoms with van der Waals surface area (Å²) < 4.78 is 1.28. The van der Waals surface area contributed by atoms with Crippen molar-refractivity contribution >= 4 is 28.4 Å². The van der Waals surface area contributed by atoms with Crippen molar-refractivity contribution in [3.05, 3.63) is 40.3 Å². The maximum absolute atomic E-state index is 12.4. The average molecular weight is 345 g/mol. The van der Waals surface area contributed by atoms with Gasteiger partial charge in [-0.3, -0.25) is 0 Å². The van der Waals surface area contributed by atoms with E-state index in [1.165, 1.54) is 16.0 Å². The van der Waals surface area contributed by atoms with Crippen LogP contribution in [0.3, 0.4) is 0 Å². The number of carbonyl (C=O) groups excluding carboxylic acids is 1. The monoisotopic (exact) mass is 345 g/mol. The molecule has 2 aromatic heterocycles. The van der Waals surface area contributed by atoms with Crippen LogP contribution in [-0.4, -0.2) is 37.2 Å². The normalized spacial score (nSPS) is 13.8. The van der Waals surface area contributed by atoms with Crippen molar-refractivity contribution in [1.29, 1.82) is 0 Å². The van der Waals surface area contributed by atoms with Gasteiger partial charge in [-0.15, -0.1) is 16.4 Å². The van der Waals surface area contributed by atoms with Gasteiger partial charge in [-0.25, -0.2) is 9.78 Å². The summed E-state index contributed by atoms with van der Waals surface area (Å²) in [7, 11) is 0. The van der Waals surface area contributed by atoms with Gasteiger partial charge in [-0.1, -0.05) is 24.3 Å². The van der Waals surface area contributed by atoms with Gasteiger partial charge in [0.15, 0.2) is 0 Å². The smallest absolute Gasteiger partial charge is 0.344 e. The zero-order valence-corrected chi connectivity index (χ0v) is 14.3. The van der Waals surface area contributed by atoms with Gasteiger partial charge in [-0.2, -0.15) is 4.68 Å². The van der Waals surface area contributed by atoms with Crippen LogP contribution < -0.4 is 5.32 Å². The van der Waals surface area contributed by atoms with E-state index in [1.807, 2.05) is 36.6 Å². The molecule has 0 aliphatic heterocycles. The van der Waals surface area contributed by atoms with E-state index in [0.717, 1.165) is 11.4 Å². The number of para-hydroxylation sites is 1. The summed E-state index contributed by atoms with van der Waals surface area (Å²) in [5.74, 6) is 0.193. The molecule has 0 saturated carbocycles. The number of nitrogens with zero attached hydrogens (tertiary/aromatic N) is 4. The lowest BCUT2D eigenvalue weighted by Gasteiger charge is -2.17. The predicted octanol–water partition coefficient (Wildman–Crippen LogP) is 2.52. The molecule has 0 aliphatic carbocycles. The molecule has 2 unspecified atom stereocenters. The van der Waals surface area contributed by atoms with Crippen molar-refractivity contribution in [3.8, 4) is 0 Å². The Morgan fingerprint density at radius 3 is 2.92 bits per heavy atom. The van der Waals surface area contributed by atoms with E-state index in [0.29, 0.717) is 16.7 Å². The molecule has 0 saturated heterocycles. The van der Waals surface area contributed by atoms with Crippen LogP contribution in [0.1, 0.15) is 36.9 Å². The molecule has 1 amide bonds. The zero-order valence-electron chi connectivity index (χ0n) is 13.5. The minimum absolute atomic E-state index is 0.0445. The predicted molar refractivity (Wildman–Crippen MR) is 92.0 cm³/mol. The molecule has 8 heteroatoms. The molecule has 24 heavy (non-hydrogen) atoms. The van der Waals surface area contributed by atoms with E-state index in [9.17, 15) is 4.79 Å². The molecule has 126 valence electrons. The van der Waals surface area contributed by atoms with Crippen LogP contribution in [0.2, 0.25) is 0 Å². The molecule has 3 aromatic rings. The number of nitrogens with one attached hydrogen (secondary N) is 1. The maximum atomic E-state index is 12.4. The van der Waals surface area contributed by atoms with E-state index >= 15 is 0 Å². The Kier molecular flexibility index (Phi) is 4.86. The highest BCUT2D eigenvalue weighted by Crippen LogP contribution is 2.24. The van der Waals surface area contributed by atoms with Crippen molar-refractivity contribution in [1.82, 2.24) is 25.3 Å². The zero-order chi connectivity index (χ0) is 17.1. The summed E-state index contributed by atoms with van der Waals surface area (Å²) in [6.45, 7) is 3.97. The average Bonchev–Trinajstić information content (AvgIpc) is 3.21. The number of hydrogen-bond donors (Lipinski definition) is 2. The van der Waals surface area contributed by atoms with Crippen LogP contribution in [-0.2, 0) is 6.61 Å². The van der Waals surface area contributed by atoms with E-state index < -0.39 is 0 Å². The molecule has 3 rings (SSSR count). The van der Waals surface area contributed by atoms with Gasteiger partial charge in [0.05, 0.1) is 22.8 Å². The Bertz CT molecular complexity index is 844. The number of hydrogen-bond acceptors (Lipinski definition) is 6. The Morgan fingerprint density at radius 1 is 1.38 bits per heavy atom. The third kappa shape index (κ3) is 3.44. The number of rotatable bonds is 5. The number of amides is 1. The Hall–Kier alpha value is -2.32. The molecule has 0 aliphatic rings. The first-order valence-corrected chi connectivity index (χ1v) is 8.63. The van der Waals surface area contributed by atoms with Crippen LogP contribution in [0.5, 0.6) is 0 Å².